The molecule has 0 amide bonds. The molecule has 0 N–H and O–H groups in total. The number of hydrogen-bond donors (Lipinski definition) is 1. The van der Waals surface area contributed by atoms with Gasteiger partial charge < -0.3 is 4.74 Å². The maximum atomic E-state index is 5.55. The van der Waals surface area contributed by atoms with E-state index in [0.29, 0.717) is 0 Å². The molecular formula is C10H14OS2. The average Bonchev–Trinajstić information content (AvgIpc) is 2.16. The van der Waals surface area contributed by atoms with Crippen molar-refractivity contribution in [3.8, 4) is 5.75 Å². The lowest BCUT2D eigenvalue weighted by atomic mass is 10.2. The Kier molecular flexibility index (Phi) is 4.53. The number of ether oxygens (including phenoxy) is 1. The van der Waals surface area contributed by atoms with Crippen LogP contribution in [0.4, 0.5) is 0 Å². The van der Waals surface area contributed by atoms with Crippen molar-refractivity contribution in [2.24, 2.45) is 0 Å². The first-order valence-corrected chi connectivity index (χ1v) is 6.19. The summed E-state index contributed by atoms with van der Waals surface area (Å²) in [4.78, 5) is 1.16. The van der Waals surface area contributed by atoms with Crippen molar-refractivity contribution in [1.82, 2.24) is 0 Å². The second-order valence-corrected chi connectivity index (χ2v) is 4.07. The van der Waals surface area contributed by atoms with Crippen LogP contribution in [-0.2, 0) is 0 Å². The highest BCUT2D eigenvalue weighted by molar-refractivity contribution is 8.68. The highest BCUT2D eigenvalue weighted by atomic mass is 33.1. The Morgan fingerprint density at radius 1 is 1.46 bits per heavy atom. The van der Waals surface area contributed by atoms with E-state index in [1.165, 1.54) is 16.4 Å². The van der Waals surface area contributed by atoms with Crippen LogP contribution in [0.25, 0.3) is 0 Å². The molecule has 3 heteroatoms. The van der Waals surface area contributed by atoms with Crippen LogP contribution in [0, 0.1) is 6.92 Å². The topological polar surface area (TPSA) is 9.23 Å². The lowest BCUT2D eigenvalue weighted by Crippen LogP contribution is -1.96. The van der Waals surface area contributed by atoms with Gasteiger partial charge in [0.15, 0.2) is 0 Å². The molecule has 0 spiro atoms. The monoisotopic (exact) mass is 214 g/mol. The molecule has 0 radical (unpaired) electrons. The Labute approximate surface area is 88.7 Å². The highest BCUT2D eigenvalue weighted by Crippen LogP contribution is 2.27. The van der Waals surface area contributed by atoms with E-state index in [9.17, 15) is 0 Å². The minimum Gasteiger partial charge on any atom is -0.493 e. The molecule has 0 fully saturated rings. The molecule has 0 atom stereocenters. The molecule has 1 nitrogen and oxygen atoms in total. The van der Waals surface area contributed by atoms with Gasteiger partial charge in [0.1, 0.15) is 5.75 Å². The van der Waals surface area contributed by atoms with Gasteiger partial charge in [0.2, 0.25) is 0 Å². The van der Waals surface area contributed by atoms with Gasteiger partial charge in [-0.3, -0.25) is 0 Å². The highest BCUT2D eigenvalue weighted by Gasteiger charge is 1.99. The summed E-state index contributed by atoms with van der Waals surface area (Å²) < 4.78 is 5.55. The van der Waals surface area contributed by atoms with E-state index in [4.69, 9.17) is 4.74 Å². The van der Waals surface area contributed by atoms with Gasteiger partial charge in [0.25, 0.3) is 0 Å². The third kappa shape index (κ3) is 3.16. The fourth-order valence-electron chi connectivity index (χ4n) is 1.05. The first-order chi connectivity index (χ1) is 6.27. The van der Waals surface area contributed by atoms with E-state index in [0.717, 1.165) is 23.7 Å². The molecule has 0 saturated carbocycles. The van der Waals surface area contributed by atoms with Gasteiger partial charge in [0.05, 0.1) is 6.61 Å². The molecule has 0 unspecified atom stereocenters. The summed E-state index contributed by atoms with van der Waals surface area (Å²) in [5.74, 6) is 0.980. The molecular weight excluding hydrogens is 200 g/mol. The fraction of sp³-hybridized carbons (Fsp3) is 0.400. The SMILES string of the molecule is CCCOc1ccc(SS)cc1C. The Morgan fingerprint density at radius 2 is 2.23 bits per heavy atom. The van der Waals surface area contributed by atoms with Crippen molar-refractivity contribution in [3.63, 3.8) is 0 Å². The molecule has 0 saturated heterocycles. The van der Waals surface area contributed by atoms with Crippen molar-refractivity contribution in [2.75, 3.05) is 6.61 Å². The summed E-state index contributed by atoms with van der Waals surface area (Å²) in [6.07, 6.45) is 1.04. The van der Waals surface area contributed by atoms with E-state index >= 15 is 0 Å². The number of benzene rings is 1. The standard InChI is InChI=1S/C10H14OS2/c1-3-6-11-10-5-4-9(13-12)7-8(10)2/h4-5,7,12H,3,6H2,1-2H3. The van der Waals surface area contributed by atoms with Crippen LogP contribution in [0.2, 0.25) is 0 Å². The van der Waals surface area contributed by atoms with Crippen molar-refractivity contribution < 1.29 is 4.74 Å². The van der Waals surface area contributed by atoms with Gasteiger partial charge in [-0.25, -0.2) is 0 Å². The van der Waals surface area contributed by atoms with Crippen LogP contribution in [0.3, 0.4) is 0 Å². The van der Waals surface area contributed by atoms with E-state index < -0.39 is 0 Å². The fourth-order valence-corrected chi connectivity index (χ4v) is 1.75. The van der Waals surface area contributed by atoms with Crippen molar-refractivity contribution in [3.05, 3.63) is 23.8 Å². The van der Waals surface area contributed by atoms with Gasteiger partial charge in [-0.2, -0.15) is 0 Å². The van der Waals surface area contributed by atoms with E-state index in [1.807, 2.05) is 12.1 Å². The average molecular weight is 214 g/mol. The van der Waals surface area contributed by atoms with Crippen molar-refractivity contribution in [1.29, 1.82) is 0 Å². The Morgan fingerprint density at radius 3 is 2.77 bits per heavy atom. The zero-order valence-electron chi connectivity index (χ0n) is 7.91. The Balaban J connectivity index is 2.73. The number of rotatable bonds is 4. The van der Waals surface area contributed by atoms with Gasteiger partial charge in [-0.15, -0.1) is 11.7 Å². The second kappa shape index (κ2) is 5.45. The normalized spacial score (nSPS) is 10.1. The van der Waals surface area contributed by atoms with Crippen molar-refractivity contribution in [2.45, 2.75) is 25.2 Å². The third-order valence-electron chi connectivity index (χ3n) is 1.71. The summed E-state index contributed by atoms with van der Waals surface area (Å²) in [7, 11) is 1.45. The molecule has 0 heterocycles. The predicted octanol–water partition coefficient (Wildman–Crippen LogP) is 3.72. The van der Waals surface area contributed by atoms with Gasteiger partial charge in [0, 0.05) is 4.90 Å². The maximum absolute atomic E-state index is 5.55. The predicted molar refractivity (Wildman–Crippen MR) is 61.8 cm³/mol. The molecule has 1 aromatic rings. The minimum atomic E-state index is 0.786. The van der Waals surface area contributed by atoms with Crippen LogP contribution >= 0.6 is 22.5 Å². The molecule has 0 aliphatic carbocycles. The Hall–Kier alpha value is -0.280. The summed E-state index contributed by atoms with van der Waals surface area (Å²) in [5, 5.41) is 0. The lowest BCUT2D eigenvalue weighted by Gasteiger charge is -2.08. The summed E-state index contributed by atoms with van der Waals surface area (Å²) in [6, 6.07) is 6.11. The van der Waals surface area contributed by atoms with E-state index in [1.54, 1.807) is 0 Å². The molecule has 0 aliphatic rings. The van der Waals surface area contributed by atoms with Crippen LogP contribution in [0.5, 0.6) is 5.75 Å². The van der Waals surface area contributed by atoms with Crippen LogP contribution in [0.1, 0.15) is 18.9 Å². The quantitative estimate of drug-likeness (QED) is 0.604. The zero-order valence-corrected chi connectivity index (χ0v) is 9.62. The lowest BCUT2D eigenvalue weighted by molar-refractivity contribution is 0.315. The minimum absolute atomic E-state index is 0.786. The van der Waals surface area contributed by atoms with Crippen LogP contribution in [0.15, 0.2) is 23.1 Å². The summed E-state index contributed by atoms with van der Waals surface area (Å²) in [6.45, 7) is 4.94. The van der Waals surface area contributed by atoms with Crippen LogP contribution < -0.4 is 4.74 Å². The maximum Gasteiger partial charge on any atom is 0.122 e. The number of aryl methyl sites for hydroxylation is 1. The summed E-state index contributed by atoms with van der Waals surface area (Å²) in [5.41, 5.74) is 1.17. The smallest absolute Gasteiger partial charge is 0.122 e. The van der Waals surface area contributed by atoms with Gasteiger partial charge in [-0.05, 0) is 37.1 Å². The molecule has 72 valence electrons. The molecule has 1 aromatic carbocycles. The van der Waals surface area contributed by atoms with E-state index in [-0.39, 0.29) is 0 Å². The molecule has 0 bridgehead atoms. The van der Waals surface area contributed by atoms with Gasteiger partial charge >= 0.3 is 0 Å². The molecule has 13 heavy (non-hydrogen) atoms. The first kappa shape index (κ1) is 10.8. The molecule has 0 aromatic heterocycles. The number of hydrogen-bond acceptors (Lipinski definition) is 3. The number of thiol groups is 1. The largest absolute Gasteiger partial charge is 0.493 e. The third-order valence-corrected chi connectivity index (χ3v) is 2.81. The van der Waals surface area contributed by atoms with Crippen LogP contribution in [-0.4, -0.2) is 6.61 Å². The van der Waals surface area contributed by atoms with E-state index in [2.05, 4.69) is 31.6 Å². The Bertz CT molecular complexity index is 274. The zero-order chi connectivity index (χ0) is 9.68. The molecule has 1 rings (SSSR count). The first-order valence-electron chi connectivity index (χ1n) is 4.32. The van der Waals surface area contributed by atoms with Crippen molar-refractivity contribution >= 4 is 22.5 Å². The summed E-state index contributed by atoms with van der Waals surface area (Å²) >= 11 is 4.14. The second-order valence-electron chi connectivity index (χ2n) is 2.87. The van der Waals surface area contributed by atoms with Gasteiger partial charge in [-0.1, -0.05) is 17.7 Å². The molecule has 0 aliphatic heterocycles.